The highest BCUT2D eigenvalue weighted by Gasteiger charge is 2.21. The fourth-order valence-corrected chi connectivity index (χ4v) is 4.52. The van der Waals surface area contributed by atoms with Crippen molar-refractivity contribution in [1.29, 1.82) is 0 Å². The molecule has 0 aliphatic carbocycles. The molecule has 2 aliphatic heterocycles. The van der Waals surface area contributed by atoms with Crippen molar-refractivity contribution in [3.8, 4) is 0 Å². The van der Waals surface area contributed by atoms with Gasteiger partial charge in [-0.05, 0) is 77.2 Å². The molecule has 162 valence electrons. The number of nitrogens with zero attached hydrogens (tertiary/aromatic N) is 4. The van der Waals surface area contributed by atoms with Crippen LogP contribution in [0.15, 0.2) is 35.3 Å². The minimum Gasteiger partial charge on any atom is -0.357 e. The molecule has 2 saturated heterocycles. The molecular formula is C24H41N5. The number of guanidine groups is 1. The number of aliphatic imine (C=N–C) groups is 1. The molecule has 2 heterocycles. The maximum atomic E-state index is 4.96. The van der Waals surface area contributed by atoms with E-state index in [4.69, 9.17) is 4.99 Å². The fraction of sp³-hybridized carbons (Fsp3) is 0.708. The van der Waals surface area contributed by atoms with Crippen LogP contribution in [-0.2, 0) is 6.42 Å². The monoisotopic (exact) mass is 399 g/mol. The zero-order valence-corrected chi connectivity index (χ0v) is 18.7. The van der Waals surface area contributed by atoms with E-state index >= 15 is 0 Å². The van der Waals surface area contributed by atoms with E-state index in [1.807, 2.05) is 0 Å². The van der Waals surface area contributed by atoms with Gasteiger partial charge in [0, 0.05) is 39.3 Å². The predicted molar refractivity (Wildman–Crippen MR) is 124 cm³/mol. The Hall–Kier alpha value is -1.59. The van der Waals surface area contributed by atoms with Crippen molar-refractivity contribution in [2.45, 2.75) is 39.0 Å². The van der Waals surface area contributed by atoms with Gasteiger partial charge in [0.1, 0.15) is 0 Å². The number of likely N-dealkylation sites (N-methyl/N-ethyl adjacent to an activating group) is 1. The van der Waals surface area contributed by atoms with E-state index in [-0.39, 0.29) is 0 Å². The Morgan fingerprint density at radius 1 is 1.03 bits per heavy atom. The number of rotatable bonds is 7. The van der Waals surface area contributed by atoms with Crippen LogP contribution in [0.2, 0.25) is 0 Å². The van der Waals surface area contributed by atoms with Crippen molar-refractivity contribution in [3.63, 3.8) is 0 Å². The molecule has 0 bridgehead atoms. The summed E-state index contributed by atoms with van der Waals surface area (Å²) >= 11 is 0. The van der Waals surface area contributed by atoms with E-state index in [0.29, 0.717) is 0 Å². The Morgan fingerprint density at radius 2 is 1.83 bits per heavy atom. The maximum Gasteiger partial charge on any atom is 0.193 e. The van der Waals surface area contributed by atoms with Gasteiger partial charge >= 0.3 is 0 Å². The molecule has 0 atom stereocenters. The summed E-state index contributed by atoms with van der Waals surface area (Å²) in [5.74, 6) is 1.93. The Balaban J connectivity index is 1.41. The number of piperidine rings is 1. The molecule has 2 fully saturated rings. The third-order valence-corrected chi connectivity index (χ3v) is 6.32. The third kappa shape index (κ3) is 7.63. The first-order valence-electron chi connectivity index (χ1n) is 11.7. The van der Waals surface area contributed by atoms with Gasteiger partial charge in [0.25, 0.3) is 0 Å². The van der Waals surface area contributed by atoms with Crippen molar-refractivity contribution >= 4 is 5.96 Å². The van der Waals surface area contributed by atoms with Gasteiger partial charge in [-0.2, -0.15) is 0 Å². The molecule has 2 aliphatic rings. The number of likely N-dealkylation sites (tertiary alicyclic amines) is 1. The Kier molecular flexibility index (Phi) is 9.29. The minimum atomic E-state index is 0.803. The molecule has 0 saturated carbocycles. The van der Waals surface area contributed by atoms with Gasteiger partial charge in [-0.1, -0.05) is 30.3 Å². The van der Waals surface area contributed by atoms with Crippen LogP contribution in [0.5, 0.6) is 0 Å². The van der Waals surface area contributed by atoms with Gasteiger partial charge in [0.15, 0.2) is 5.96 Å². The van der Waals surface area contributed by atoms with Crippen molar-refractivity contribution in [2.24, 2.45) is 10.9 Å². The zero-order chi connectivity index (χ0) is 20.3. The molecule has 0 radical (unpaired) electrons. The SMILES string of the molecule is CCNC(=NCCCN1CCCN(C)CC1)N1CCC(Cc2ccccc2)CC1. The van der Waals surface area contributed by atoms with E-state index < -0.39 is 0 Å². The Labute approximate surface area is 178 Å². The molecule has 5 nitrogen and oxygen atoms in total. The highest BCUT2D eigenvalue weighted by Crippen LogP contribution is 2.21. The summed E-state index contributed by atoms with van der Waals surface area (Å²) < 4.78 is 0. The van der Waals surface area contributed by atoms with Crippen LogP contribution in [0.3, 0.4) is 0 Å². The number of hydrogen-bond donors (Lipinski definition) is 1. The van der Waals surface area contributed by atoms with E-state index in [1.54, 1.807) is 0 Å². The summed E-state index contributed by atoms with van der Waals surface area (Å²) in [5, 5.41) is 3.53. The van der Waals surface area contributed by atoms with E-state index in [9.17, 15) is 0 Å². The topological polar surface area (TPSA) is 34.1 Å². The third-order valence-electron chi connectivity index (χ3n) is 6.32. The van der Waals surface area contributed by atoms with Crippen LogP contribution in [0.1, 0.15) is 38.2 Å². The van der Waals surface area contributed by atoms with Crippen molar-refractivity contribution in [3.05, 3.63) is 35.9 Å². The van der Waals surface area contributed by atoms with Gasteiger partial charge in [-0.3, -0.25) is 4.99 Å². The van der Waals surface area contributed by atoms with E-state index in [2.05, 4.69) is 64.3 Å². The summed E-state index contributed by atoms with van der Waals surface area (Å²) in [6.45, 7) is 12.4. The molecule has 0 unspecified atom stereocenters. The highest BCUT2D eigenvalue weighted by atomic mass is 15.3. The molecule has 1 aromatic carbocycles. The number of nitrogens with one attached hydrogen (secondary N) is 1. The molecule has 3 rings (SSSR count). The van der Waals surface area contributed by atoms with Gasteiger partial charge < -0.3 is 20.0 Å². The fourth-order valence-electron chi connectivity index (χ4n) is 4.52. The first kappa shape index (κ1) is 22.1. The summed E-state index contributed by atoms with van der Waals surface area (Å²) in [4.78, 5) is 12.5. The predicted octanol–water partition coefficient (Wildman–Crippen LogP) is 2.93. The lowest BCUT2D eigenvalue weighted by Gasteiger charge is -2.34. The molecule has 29 heavy (non-hydrogen) atoms. The first-order valence-corrected chi connectivity index (χ1v) is 11.7. The van der Waals surface area contributed by atoms with Gasteiger partial charge in [-0.25, -0.2) is 0 Å². The zero-order valence-electron chi connectivity index (χ0n) is 18.7. The van der Waals surface area contributed by atoms with Crippen LogP contribution in [-0.4, -0.2) is 86.6 Å². The standard InChI is InChI=1S/C24H41N5/c1-3-25-24(26-13-7-15-28-16-8-14-27(2)19-20-28)29-17-11-23(12-18-29)21-22-9-5-4-6-10-22/h4-6,9-10,23H,3,7-8,11-21H2,1-2H3,(H,25,26). The highest BCUT2D eigenvalue weighted by molar-refractivity contribution is 5.80. The summed E-state index contributed by atoms with van der Waals surface area (Å²) in [5.41, 5.74) is 1.48. The van der Waals surface area contributed by atoms with Crippen LogP contribution in [0.25, 0.3) is 0 Å². The van der Waals surface area contributed by atoms with Gasteiger partial charge in [0.05, 0.1) is 0 Å². The minimum absolute atomic E-state index is 0.803. The Bertz CT molecular complexity index is 595. The van der Waals surface area contributed by atoms with Crippen LogP contribution >= 0.6 is 0 Å². The molecule has 0 aromatic heterocycles. The normalized spacial score (nSPS) is 20.6. The summed E-state index contributed by atoms with van der Waals surface area (Å²) in [6.07, 6.45) is 6.19. The largest absolute Gasteiger partial charge is 0.357 e. The first-order chi connectivity index (χ1) is 14.2. The van der Waals surface area contributed by atoms with Crippen LogP contribution < -0.4 is 5.32 Å². The number of hydrogen-bond acceptors (Lipinski definition) is 3. The molecule has 1 aromatic rings. The van der Waals surface area contributed by atoms with E-state index in [0.717, 1.165) is 44.5 Å². The smallest absolute Gasteiger partial charge is 0.193 e. The quantitative estimate of drug-likeness (QED) is 0.434. The van der Waals surface area contributed by atoms with Crippen molar-refractivity contribution < 1.29 is 0 Å². The Morgan fingerprint density at radius 3 is 2.59 bits per heavy atom. The molecule has 1 N–H and O–H groups in total. The van der Waals surface area contributed by atoms with E-state index in [1.165, 1.54) is 64.0 Å². The van der Waals surface area contributed by atoms with Crippen LogP contribution in [0.4, 0.5) is 0 Å². The van der Waals surface area contributed by atoms with Crippen molar-refractivity contribution in [1.82, 2.24) is 20.0 Å². The van der Waals surface area contributed by atoms with Crippen LogP contribution in [0, 0.1) is 5.92 Å². The van der Waals surface area contributed by atoms with Crippen molar-refractivity contribution in [2.75, 3.05) is 66.0 Å². The molecule has 0 spiro atoms. The van der Waals surface area contributed by atoms with Gasteiger partial charge in [0.2, 0.25) is 0 Å². The second-order valence-corrected chi connectivity index (χ2v) is 8.71. The lowest BCUT2D eigenvalue weighted by molar-refractivity contribution is 0.258. The second-order valence-electron chi connectivity index (χ2n) is 8.71. The maximum absolute atomic E-state index is 4.96. The number of benzene rings is 1. The molecule has 5 heteroatoms. The van der Waals surface area contributed by atoms with Gasteiger partial charge in [-0.15, -0.1) is 0 Å². The summed E-state index contributed by atoms with van der Waals surface area (Å²) in [7, 11) is 2.24. The second kappa shape index (κ2) is 12.2. The summed E-state index contributed by atoms with van der Waals surface area (Å²) in [6, 6.07) is 11.0. The average Bonchev–Trinajstić information content (AvgIpc) is 2.96. The molecular weight excluding hydrogens is 358 g/mol. The average molecular weight is 400 g/mol. The lowest BCUT2D eigenvalue weighted by atomic mass is 9.90. The lowest BCUT2D eigenvalue weighted by Crippen LogP contribution is -2.46. The molecule has 0 amide bonds.